The minimum Gasteiger partial charge on any atom is -0.494 e. The number of nitrogens with zero attached hydrogens (tertiary/aromatic N) is 3. The van der Waals surface area contributed by atoms with Crippen molar-refractivity contribution in [2.24, 2.45) is 0 Å². The number of rotatable bonds is 11. The Balaban J connectivity index is 1.50. The first-order chi connectivity index (χ1) is 15.1. The van der Waals surface area contributed by atoms with Gasteiger partial charge >= 0.3 is 5.97 Å². The molecule has 0 spiro atoms. The summed E-state index contributed by atoms with van der Waals surface area (Å²) >= 11 is 0. The van der Waals surface area contributed by atoms with E-state index in [1.807, 2.05) is 19.1 Å². The fourth-order valence-corrected chi connectivity index (χ4v) is 4.10. The van der Waals surface area contributed by atoms with Crippen LogP contribution in [0.3, 0.4) is 0 Å². The Morgan fingerprint density at radius 1 is 1.26 bits per heavy atom. The van der Waals surface area contributed by atoms with E-state index in [4.69, 9.17) is 14.7 Å². The molecule has 1 aliphatic carbocycles. The molecule has 0 saturated carbocycles. The molecule has 6 nitrogen and oxygen atoms in total. The molecule has 1 heterocycles. The van der Waals surface area contributed by atoms with Crippen LogP contribution in [0, 0.1) is 11.3 Å². The number of aryl methyl sites for hydroxylation is 1. The average molecular weight is 422 g/mol. The lowest BCUT2D eigenvalue weighted by Crippen LogP contribution is -2.27. The summed E-state index contributed by atoms with van der Waals surface area (Å²) in [5.74, 6) is 1.92. The van der Waals surface area contributed by atoms with Crippen LogP contribution in [0.1, 0.15) is 62.1 Å². The summed E-state index contributed by atoms with van der Waals surface area (Å²) in [5, 5.41) is 8.94. The molecule has 0 amide bonds. The van der Waals surface area contributed by atoms with E-state index in [0.29, 0.717) is 25.2 Å². The molecule has 0 aliphatic heterocycles. The van der Waals surface area contributed by atoms with E-state index in [0.717, 1.165) is 50.3 Å². The number of pyridine rings is 1. The molecule has 6 heteroatoms. The number of aromatic nitrogens is 1. The molecule has 0 fully saturated rings. The van der Waals surface area contributed by atoms with Crippen molar-refractivity contribution in [2.45, 2.75) is 51.9 Å². The predicted octanol–water partition coefficient (Wildman–Crippen LogP) is 4.62. The third-order valence-corrected chi connectivity index (χ3v) is 5.57. The van der Waals surface area contributed by atoms with Crippen molar-refractivity contribution in [1.29, 1.82) is 5.26 Å². The zero-order valence-electron chi connectivity index (χ0n) is 18.5. The molecule has 0 saturated heterocycles. The molecule has 1 atom stereocenters. The molecular formula is C25H31N3O3. The lowest BCUT2D eigenvalue weighted by atomic mass is 9.98. The minimum absolute atomic E-state index is 0.117. The number of hydrogen-bond acceptors (Lipinski definition) is 6. The van der Waals surface area contributed by atoms with Crippen molar-refractivity contribution in [3.05, 3.63) is 53.2 Å². The van der Waals surface area contributed by atoms with Gasteiger partial charge in [-0.05, 0) is 73.9 Å². The van der Waals surface area contributed by atoms with Gasteiger partial charge in [0, 0.05) is 19.3 Å². The normalized spacial score (nSPS) is 14.5. The van der Waals surface area contributed by atoms with Crippen molar-refractivity contribution in [2.75, 3.05) is 31.2 Å². The van der Waals surface area contributed by atoms with E-state index in [-0.39, 0.29) is 11.9 Å². The first-order valence-electron chi connectivity index (χ1n) is 11.2. The molecule has 0 radical (unpaired) electrons. The maximum atomic E-state index is 11.8. The average Bonchev–Trinajstić information content (AvgIpc) is 3.18. The van der Waals surface area contributed by atoms with Crippen molar-refractivity contribution in [3.8, 4) is 11.8 Å². The van der Waals surface area contributed by atoms with Gasteiger partial charge in [0.1, 0.15) is 17.6 Å². The number of hydrogen-bond donors (Lipinski definition) is 0. The van der Waals surface area contributed by atoms with Gasteiger partial charge in [0.2, 0.25) is 0 Å². The van der Waals surface area contributed by atoms with Crippen LogP contribution in [0.15, 0.2) is 36.5 Å². The summed E-state index contributed by atoms with van der Waals surface area (Å²) in [6, 6.07) is 12.0. The van der Waals surface area contributed by atoms with Gasteiger partial charge in [0.15, 0.2) is 0 Å². The van der Waals surface area contributed by atoms with Crippen molar-refractivity contribution >= 4 is 11.8 Å². The summed E-state index contributed by atoms with van der Waals surface area (Å²) < 4.78 is 11.1. The van der Waals surface area contributed by atoms with Crippen molar-refractivity contribution in [3.63, 3.8) is 0 Å². The van der Waals surface area contributed by atoms with Crippen LogP contribution in [0.25, 0.3) is 0 Å². The Labute approximate surface area is 184 Å². The zero-order chi connectivity index (χ0) is 22.1. The van der Waals surface area contributed by atoms with Crippen LogP contribution in [0.2, 0.25) is 0 Å². The van der Waals surface area contributed by atoms with Gasteiger partial charge in [0.05, 0.1) is 25.2 Å². The fraction of sp³-hybridized carbons (Fsp3) is 0.480. The van der Waals surface area contributed by atoms with Gasteiger partial charge < -0.3 is 14.4 Å². The Morgan fingerprint density at radius 2 is 2.13 bits per heavy atom. The fourth-order valence-electron chi connectivity index (χ4n) is 4.10. The highest BCUT2D eigenvalue weighted by Crippen LogP contribution is 2.37. The van der Waals surface area contributed by atoms with E-state index < -0.39 is 0 Å². The van der Waals surface area contributed by atoms with Crippen molar-refractivity contribution in [1.82, 2.24) is 4.98 Å². The van der Waals surface area contributed by atoms with Gasteiger partial charge in [0.25, 0.3) is 0 Å². The third-order valence-electron chi connectivity index (χ3n) is 5.57. The van der Waals surface area contributed by atoms with Gasteiger partial charge in [-0.2, -0.15) is 5.26 Å². The summed E-state index contributed by atoms with van der Waals surface area (Å²) in [5.41, 5.74) is 3.10. The molecule has 3 rings (SSSR count). The summed E-state index contributed by atoms with van der Waals surface area (Å²) in [6.07, 6.45) is 5.95. The number of carbonyl (C=O) groups excluding carboxylic acids is 1. The molecular weight excluding hydrogens is 390 g/mol. The quantitative estimate of drug-likeness (QED) is 0.389. The second kappa shape index (κ2) is 11.4. The second-order valence-electron chi connectivity index (χ2n) is 7.81. The predicted molar refractivity (Wildman–Crippen MR) is 120 cm³/mol. The molecule has 1 aromatic carbocycles. The monoisotopic (exact) mass is 421 g/mol. The number of ether oxygens (including phenoxy) is 2. The first kappa shape index (κ1) is 22.6. The molecule has 164 valence electrons. The molecule has 2 aromatic rings. The van der Waals surface area contributed by atoms with E-state index in [9.17, 15) is 4.79 Å². The van der Waals surface area contributed by atoms with E-state index in [1.165, 1.54) is 11.1 Å². The second-order valence-corrected chi connectivity index (χ2v) is 7.81. The Hall–Kier alpha value is -3.07. The first-order valence-corrected chi connectivity index (χ1v) is 11.2. The van der Waals surface area contributed by atoms with Crippen molar-refractivity contribution < 1.29 is 14.3 Å². The number of benzene rings is 1. The molecule has 1 aromatic heterocycles. The SMILES string of the molecule is CCCN(CCCOc1ccc2c(c1)CC[C@H]2CC(=O)OCC)c1ccc(C#N)cn1. The van der Waals surface area contributed by atoms with E-state index in [1.54, 1.807) is 12.3 Å². The number of nitriles is 1. The van der Waals surface area contributed by atoms with Crippen LogP contribution in [0.5, 0.6) is 5.75 Å². The zero-order valence-corrected chi connectivity index (χ0v) is 18.5. The highest BCUT2D eigenvalue weighted by atomic mass is 16.5. The summed E-state index contributed by atoms with van der Waals surface area (Å²) in [6.45, 7) is 6.81. The third kappa shape index (κ3) is 6.21. The molecule has 0 unspecified atom stereocenters. The van der Waals surface area contributed by atoms with Crippen LogP contribution in [0.4, 0.5) is 5.82 Å². The topological polar surface area (TPSA) is 75.4 Å². The van der Waals surface area contributed by atoms with Gasteiger partial charge in [-0.1, -0.05) is 13.0 Å². The molecule has 0 N–H and O–H groups in total. The largest absolute Gasteiger partial charge is 0.494 e. The molecule has 31 heavy (non-hydrogen) atoms. The maximum Gasteiger partial charge on any atom is 0.306 e. The molecule has 0 bridgehead atoms. The number of fused-ring (bicyclic) bond motifs is 1. The summed E-state index contributed by atoms with van der Waals surface area (Å²) in [7, 11) is 0. The van der Waals surface area contributed by atoms with Crippen LogP contribution in [-0.4, -0.2) is 37.3 Å². The van der Waals surface area contributed by atoms with E-state index in [2.05, 4.69) is 35.0 Å². The van der Waals surface area contributed by atoms with Gasteiger partial charge in [-0.25, -0.2) is 4.98 Å². The van der Waals surface area contributed by atoms with Crippen LogP contribution >= 0.6 is 0 Å². The molecule has 1 aliphatic rings. The standard InChI is InChI=1S/C25H31N3O3/c1-3-12-28(24-11-6-19(17-26)18-27-24)13-5-14-31-22-9-10-23-20(15-22)7-8-21(23)16-25(29)30-4-2/h6,9-11,15,18,21H,3-5,7-8,12-14,16H2,1-2H3/t21-/m0/s1. The maximum absolute atomic E-state index is 11.8. The summed E-state index contributed by atoms with van der Waals surface area (Å²) in [4.78, 5) is 18.5. The van der Waals surface area contributed by atoms with E-state index >= 15 is 0 Å². The number of anilines is 1. The highest BCUT2D eigenvalue weighted by Gasteiger charge is 2.25. The van der Waals surface area contributed by atoms with Crippen LogP contribution < -0.4 is 9.64 Å². The Kier molecular flexibility index (Phi) is 8.28. The Bertz CT molecular complexity index is 905. The smallest absolute Gasteiger partial charge is 0.306 e. The lowest BCUT2D eigenvalue weighted by Gasteiger charge is -2.23. The minimum atomic E-state index is -0.117. The highest BCUT2D eigenvalue weighted by molar-refractivity contribution is 5.71. The Morgan fingerprint density at radius 3 is 2.84 bits per heavy atom. The number of esters is 1. The van der Waals surface area contributed by atoms with Gasteiger partial charge in [-0.3, -0.25) is 4.79 Å². The number of carbonyl (C=O) groups is 1. The van der Waals surface area contributed by atoms with Gasteiger partial charge in [-0.15, -0.1) is 0 Å². The lowest BCUT2D eigenvalue weighted by molar-refractivity contribution is -0.143. The van der Waals surface area contributed by atoms with Crippen LogP contribution in [-0.2, 0) is 16.0 Å².